The van der Waals surface area contributed by atoms with Crippen LogP contribution >= 0.6 is 43.6 Å². The Labute approximate surface area is 161 Å². The lowest BCUT2D eigenvalue weighted by atomic mass is 10.1. The molecule has 0 saturated carbocycles. The van der Waals surface area contributed by atoms with Crippen molar-refractivity contribution in [3.8, 4) is 0 Å². The van der Waals surface area contributed by atoms with E-state index in [9.17, 15) is 4.79 Å². The molecular weight excluding hydrogens is 456 g/mol. The van der Waals surface area contributed by atoms with Crippen LogP contribution in [0.3, 0.4) is 0 Å². The number of para-hydroxylation sites is 1. The zero-order chi connectivity index (χ0) is 17.4. The summed E-state index contributed by atoms with van der Waals surface area (Å²) in [6.45, 7) is 4.03. The first kappa shape index (κ1) is 17.5. The molecule has 1 saturated heterocycles. The maximum absolute atomic E-state index is 12.5. The second-order valence-corrected chi connectivity index (χ2v) is 7.96. The topological polar surface area (TPSA) is 45.8 Å². The lowest BCUT2D eigenvalue weighted by Crippen LogP contribution is -2.23. The lowest BCUT2D eigenvalue weighted by Gasteiger charge is -2.09. The van der Waals surface area contributed by atoms with E-state index in [2.05, 4.69) is 31.9 Å². The quantitative estimate of drug-likeness (QED) is 0.533. The zero-order valence-corrected chi connectivity index (χ0v) is 17.3. The normalized spacial score (nSPS) is 18.2. The molecule has 3 rings (SSSR count). The minimum atomic E-state index is -0.0892. The van der Waals surface area contributed by atoms with Crippen LogP contribution in [0.2, 0.25) is 0 Å². The lowest BCUT2D eigenvalue weighted by molar-refractivity contribution is -0.121. The number of rotatable bonds is 2. The molecule has 0 bridgehead atoms. The standard InChI is InChI=1S/C17H14Br2N2O2S/c1-9-5-4-6-10(2)14(9)20-17-21(3)16(22)13(24-17)8-11-7-12(18)15(19)23-11/h4-8H,1-3H3/b13-8-,20-17?. The summed E-state index contributed by atoms with van der Waals surface area (Å²) in [6.07, 6.45) is 1.73. The van der Waals surface area contributed by atoms with Crippen molar-refractivity contribution in [2.24, 2.45) is 4.99 Å². The van der Waals surface area contributed by atoms with Gasteiger partial charge in [0, 0.05) is 13.1 Å². The summed E-state index contributed by atoms with van der Waals surface area (Å²) in [4.78, 5) is 19.3. The molecule has 0 unspecified atom stereocenters. The number of hydrogen-bond acceptors (Lipinski definition) is 4. The van der Waals surface area contributed by atoms with E-state index in [1.165, 1.54) is 11.8 Å². The molecule has 2 aromatic rings. The molecule has 0 aliphatic carbocycles. The fourth-order valence-electron chi connectivity index (χ4n) is 2.29. The van der Waals surface area contributed by atoms with Crippen molar-refractivity contribution in [2.75, 3.05) is 7.05 Å². The molecule has 0 spiro atoms. The van der Waals surface area contributed by atoms with Crippen molar-refractivity contribution in [3.05, 3.63) is 55.2 Å². The second-order valence-electron chi connectivity index (χ2n) is 5.38. The van der Waals surface area contributed by atoms with Crippen LogP contribution in [0.25, 0.3) is 6.08 Å². The average Bonchev–Trinajstić information content (AvgIpc) is 2.97. The highest BCUT2D eigenvalue weighted by molar-refractivity contribution is 9.13. The smallest absolute Gasteiger partial charge is 0.266 e. The van der Waals surface area contributed by atoms with Gasteiger partial charge in [-0.15, -0.1) is 0 Å². The number of nitrogens with zero attached hydrogens (tertiary/aromatic N) is 2. The first-order valence-corrected chi connectivity index (χ1v) is 9.54. The molecule has 24 heavy (non-hydrogen) atoms. The Balaban J connectivity index is 1.96. The SMILES string of the molecule is Cc1cccc(C)c1N=C1S/C(=C\c2cc(Br)c(Br)o2)C(=O)N1C. The number of benzene rings is 1. The predicted octanol–water partition coefficient (Wildman–Crippen LogP) is 5.66. The number of amidine groups is 1. The number of furan rings is 1. The van der Waals surface area contributed by atoms with E-state index in [0.717, 1.165) is 21.3 Å². The Morgan fingerprint density at radius 3 is 2.50 bits per heavy atom. The minimum Gasteiger partial charge on any atom is -0.449 e. The third-order valence-electron chi connectivity index (χ3n) is 3.59. The zero-order valence-electron chi connectivity index (χ0n) is 13.3. The monoisotopic (exact) mass is 468 g/mol. The molecule has 0 radical (unpaired) electrons. The van der Waals surface area contributed by atoms with E-state index < -0.39 is 0 Å². The van der Waals surface area contributed by atoms with Gasteiger partial charge in [0.05, 0.1) is 15.1 Å². The number of carbonyl (C=O) groups excluding carboxylic acids is 1. The third-order valence-corrected chi connectivity index (χ3v) is 6.36. The van der Waals surface area contributed by atoms with Gasteiger partial charge in [0.1, 0.15) is 5.76 Å². The predicted molar refractivity (Wildman–Crippen MR) is 105 cm³/mol. The molecule has 1 amide bonds. The van der Waals surface area contributed by atoms with E-state index in [4.69, 9.17) is 9.41 Å². The van der Waals surface area contributed by atoms with Gasteiger partial charge in [0.2, 0.25) is 0 Å². The molecule has 1 aromatic heterocycles. The Kier molecular flexibility index (Phi) is 5.03. The highest BCUT2D eigenvalue weighted by Crippen LogP contribution is 2.36. The van der Waals surface area contributed by atoms with Crippen molar-refractivity contribution in [1.29, 1.82) is 0 Å². The molecular formula is C17H14Br2N2O2S. The van der Waals surface area contributed by atoms with Gasteiger partial charge < -0.3 is 4.42 Å². The van der Waals surface area contributed by atoms with Gasteiger partial charge in [-0.3, -0.25) is 9.69 Å². The molecule has 0 N–H and O–H groups in total. The number of halogens is 2. The number of carbonyl (C=O) groups is 1. The molecule has 124 valence electrons. The van der Waals surface area contributed by atoms with Crippen LogP contribution in [0.1, 0.15) is 16.9 Å². The van der Waals surface area contributed by atoms with Gasteiger partial charge >= 0.3 is 0 Å². The van der Waals surface area contributed by atoms with E-state index in [1.807, 2.05) is 38.1 Å². The van der Waals surface area contributed by atoms with Gasteiger partial charge in [0.15, 0.2) is 9.84 Å². The summed E-state index contributed by atoms with van der Waals surface area (Å²) in [6, 6.07) is 7.85. The average molecular weight is 470 g/mol. The van der Waals surface area contributed by atoms with Crippen LogP contribution in [0.15, 0.2) is 47.7 Å². The maximum Gasteiger partial charge on any atom is 0.266 e. The van der Waals surface area contributed by atoms with Crippen LogP contribution in [-0.2, 0) is 4.79 Å². The summed E-state index contributed by atoms with van der Waals surface area (Å²) in [5.74, 6) is 0.514. The van der Waals surface area contributed by atoms with Crippen molar-refractivity contribution < 1.29 is 9.21 Å². The summed E-state index contributed by atoms with van der Waals surface area (Å²) < 4.78 is 6.93. The van der Waals surface area contributed by atoms with Crippen molar-refractivity contribution in [1.82, 2.24) is 4.90 Å². The maximum atomic E-state index is 12.5. The molecule has 1 aliphatic rings. The minimum absolute atomic E-state index is 0.0892. The molecule has 1 aromatic carbocycles. The Morgan fingerprint density at radius 1 is 1.25 bits per heavy atom. The fraction of sp³-hybridized carbons (Fsp3) is 0.176. The molecule has 7 heteroatoms. The number of aliphatic imine (C=N–C) groups is 1. The largest absolute Gasteiger partial charge is 0.449 e. The van der Waals surface area contributed by atoms with Gasteiger partial charge in [-0.25, -0.2) is 4.99 Å². The molecule has 0 atom stereocenters. The summed E-state index contributed by atoms with van der Waals surface area (Å²) in [7, 11) is 1.73. The number of likely N-dealkylation sites (N-methyl/N-ethyl adjacent to an activating group) is 1. The Morgan fingerprint density at radius 2 is 1.92 bits per heavy atom. The summed E-state index contributed by atoms with van der Waals surface area (Å²) >= 11 is 8.01. The van der Waals surface area contributed by atoms with Crippen LogP contribution in [-0.4, -0.2) is 23.0 Å². The Hall–Kier alpha value is -1.31. The number of amides is 1. The first-order chi connectivity index (χ1) is 11.4. The first-order valence-electron chi connectivity index (χ1n) is 7.14. The van der Waals surface area contributed by atoms with Crippen LogP contribution in [0, 0.1) is 13.8 Å². The molecule has 4 nitrogen and oxygen atoms in total. The fourth-order valence-corrected chi connectivity index (χ4v) is 3.85. The summed E-state index contributed by atoms with van der Waals surface area (Å²) in [5, 5.41) is 0.660. The highest BCUT2D eigenvalue weighted by Gasteiger charge is 2.31. The number of hydrogen-bond donors (Lipinski definition) is 0. The number of thioether (sulfide) groups is 1. The third kappa shape index (κ3) is 3.38. The molecule has 1 fully saturated rings. The van der Waals surface area contributed by atoms with Gasteiger partial charge in [0.25, 0.3) is 5.91 Å². The van der Waals surface area contributed by atoms with E-state index in [-0.39, 0.29) is 5.91 Å². The van der Waals surface area contributed by atoms with Crippen molar-refractivity contribution in [2.45, 2.75) is 13.8 Å². The van der Waals surface area contributed by atoms with Gasteiger partial charge in [-0.05, 0) is 74.7 Å². The van der Waals surface area contributed by atoms with E-state index in [1.54, 1.807) is 18.0 Å². The molecule has 2 heterocycles. The van der Waals surface area contributed by atoms with Gasteiger partial charge in [-0.1, -0.05) is 18.2 Å². The molecule has 1 aliphatic heterocycles. The second kappa shape index (κ2) is 6.90. The Bertz CT molecular complexity index is 847. The van der Waals surface area contributed by atoms with Crippen molar-refractivity contribution >= 4 is 66.5 Å². The number of aryl methyl sites for hydroxylation is 2. The van der Waals surface area contributed by atoms with Crippen LogP contribution < -0.4 is 0 Å². The van der Waals surface area contributed by atoms with Crippen LogP contribution in [0.4, 0.5) is 5.69 Å². The van der Waals surface area contributed by atoms with Crippen LogP contribution in [0.5, 0.6) is 0 Å². The van der Waals surface area contributed by atoms with Gasteiger partial charge in [-0.2, -0.15) is 0 Å². The highest BCUT2D eigenvalue weighted by atomic mass is 79.9. The summed E-state index contributed by atoms with van der Waals surface area (Å²) in [5.41, 5.74) is 3.07. The van der Waals surface area contributed by atoms with E-state index >= 15 is 0 Å². The van der Waals surface area contributed by atoms with E-state index in [0.29, 0.717) is 20.5 Å². The van der Waals surface area contributed by atoms with Crippen molar-refractivity contribution in [3.63, 3.8) is 0 Å².